The van der Waals surface area contributed by atoms with Gasteiger partial charge in [0.1, 0.15) is 0 Å². The molecule has 2 aromatic rings. The molecule has 2 N–H and O–H groups in total. The summed E-state index contributed by atoms with van der Waals surface area (Å²) in [4.78, 5) is 27.1. The summed E-state index contributed by atoms with van der Waals surface area (Å²) in [5, 5.41) is 7.84. The summed E-state index contributed by atoms with van der Waals surface area (Å²) >= 11 is 1.65. The second-order valence-electron chi connectivity index (χ2n) is 6.59. The fourth-order valence-corrected chi connectivity index (χ4v) is 3.65. The predicted octanol–water partition coefficient (Wildman–Crippen LogP) is 2.99. The highest BCUT2D eigenvalue weighted by atomic mass is 32.1. The van der Waals surface area contributed by atoms with Gasteiger partial charge in [-0.1, -0.05) is 18.2 Å². The molecule has 2 heterocycles. The van der Waals surface area contributed by atoms with Gasteiger partial charge in [0.05, 0.1) is 12.1 Å². The van der Waals surface area contributed by atoms with Crippen LogP contribution < -0.4 is 10.6 Å². The van der Waals surface area contributed by atoms with Crippen molar-refractivity contribution in [3.05, 3.63) is 52.2 Å². The van der Waals surface area contributed by atoms with Crippen molar-refractivity contribution in [1.82, 2.24) is 10.2 Å². The molecular weight excluding hydrogens is 334 g/mol. The molecule has 0 spiro atoms. The van der Waals surface area contributed by atoms with Crippen molar-refractivity contribution < 1.29 is 9.59 Å². The Kier molecular flexibility index (Phi) is 5.20. The number of hydrogen-bond acceptors (Lipinski definition) is 4. The maximum atomic E-state index is 12.6. The molecule has 1 aliphatic heterocycles. The van der Waals surface area contributed by atoms with E-state index < -0.39 is 5.54 Å². The lowest BCUT2D eigenvalue weighted by Gasteiger charge is -2.49. The van der Waals surface area contributed by atoms with E-state index in [-0.39, 0.29) is 11.8 Å². The van der Waals surface area contributed by atoms with E-state index >= 15 is 0 Å². The number of benzene rings is 1. The van der Waals surface area contributed by atoms with Gasteiger partial charge in [-0.3, -0.25) is 14.5 Å². The average molecular weight is 357 g/mol. The van der Waals surface area contributed by atoms with Gasteiger partial charge in [-0.05, 0) is 42.5 Å². The molecule has 1 saturated heterocycles. The SMILES string of the molecule is CC(=O)Nc1ccc(CN2CCC2(C)C(=O)NCc2cccs2)cc1. The van der Waals surface area contributed by atoms with Crippen LogP contribution in [-0.2, 0) is 22.7 Å². The second kappa shape index (κ2) is 7.37. The minimum Gasteiger partial charge on any atom is -0.350 e. The van der Waals surface area contributed by atoms with Crippen molar-refractivity contribution in [2.24, 2.45) is 0 Å². The molecule has 1 unspecified atom stereocenters. The molecule has 0 aliphatic carbocycles. The Labute approximate surface area is 152 Å². The molecule has 6 heteroatoms. The maximum absolute atomic E-state index is 12.6. The van der Waals surface area contributed by atoms with E-state index in [9.17, 15) is 9.59 Å². The van der Waals surface area contributed by atoms with Gasteiger partial charge in [0.15, 0.2) is 0 Å². The largest absolute Gasteiger partial charge is 0.350 e. The van der Waals surface area contributed by atoms with Gasteiger partial charge in [0.2, 0.25) is 11.8 Å². The highest BCUT2D eigenvalue weighted by Gasteiger charge is 2.46. The normalized spacial score (nSPS) is 19.9. The summed E-state index contributed by atoms with van der Waals surface area (Å²) < 4.78 is 0. The van der Waals surface area contributed by atoms with Crippen LogP contribution in [0.4, 0.5) is 5.69 Å². The number of amides is 2. The molecule has 1 aliphatic rings. The van der Waals surface area contributed by atoms with E-state index in [1.54, 1.807) is 11.3 Å². The molecule has 0 bridgehead atoms. The van der Waals surface area contributed by atoms with Crippen molar-refractivity contribution in [3.8, 4) is 0 Å². The second-order valence-corrected chi connectivity index (χ2v) is 7.62. The Bertz CT molecular complexity index is 743. The molecule has 0 saturated carbocycles. The number of likely N-dealkylation sites (tertiary alicyclic amines) is 1. The minimum atomic E-state index is -0.451. The van der Waals surface area contributed by atoms with Crippen LogP contribution in [0.1, 0.15) is 30.7 Å². The first-order valence-corrected chi connectivity index (χ1v) is 9.27. The van der Waals surface area contributed by atoms with Crippen LogP contribution >= 0.6 is 11.3 Å². The summed E-state index contributed by atoms with van der Waals surface area (Å²) in [6, 6.07) is 11.8. The third kappa shape index (κ3) is 4.08. The number of nitrogens with zero attached hydrogens (tertiary/aromatic N) is 1. The summed E-state index contributed by atoms with van der Waals surface area (Å²) in [6.45, 7) is 5.73. The fourth-order valence-electron chi connectivity index (χ4n) is 3.00. The zero-order valence-electron chi connectivity index (χ0n) is 14.5. The van der Waals surface area contributed by atoms with Crippen molar-refractivity contribution in [3.63, 3.8) is 0 Å². The van der Waals surface area contributed by atoms with Crippen LogP contribution in [0.5, 0.6) is 0 Å². The summed E-state index contributed by atoms with van der Waals surface area (Å²) in [5.74, 6) is 0.00694. The average Bonchev–Trinajstić information content (AvgIpc) is 3.10. The van der Waals surface area contributed by atoms with Crippen molar-refractivity contribution in [2.75, 3.05) is 11.9 Å². The Balaban J connectivity index is 1.57. The predicted molar refractivity (Wildman–Crippen MR) is 100 cm³/mol. The Morgan fingerprint density at radius 1 is 1.24 bits per heavy atom. The number of rotatable bonds is 6. The Morgan fingerprint density at radius 2 is 2.00 bits per heavy atom. The first-order valence-electron chi connectivity index (χ1n) is 8.40. The van der Waals surface area contributed by atoms with Crippen LogP contribution in [0.15, 0.2) is 41.8 Å². The van der Waals surface area contributed by atoms with E-state index in [4.69, 9.17) is 0 Å². The van der Waals surface area contributed by atoms with E-state index in [1.807, 2.05) is 48.7 Å². The van der Waals surface area contributed by atoms with Gasteiger partial charge < -0.3 is 10.6 Å². The van der Waals surface area contributed by atoms with Crippen molar-refractivity contribution in [1.29, 1.82) is 0 Å². The molecule has 25 heavy (non-hydrogen) atoms. The van der Waals surface area contributed by atoms with Crippen LogP contribution in [0, 0.1) is 0 Å². The third-order valence-corrected chi connectivity index (χ3v) is 5.58. The van der Waals surface area contributed by atoms with Gasteiger partial charge in [0, 0.05) is 30.6 Å². The molecular formula is C19H23N3O2S. The molecule has 1 aromatic heterocycles. The van der Waals surface area contributed by atoms with Crippen molar-refractivity contribution in [2.45, 2.75) is 38.9 Å². The molecule has 1 fully saturated rings. The van der Waals surface area contributed by atoms with E-state index in [0.29, 0.717) is 6.54 Å². The van der Waals surface area contributed by atoms with Gasteiger partial charge in [-0.15, -0.1) is 11.3 Å². The lowest BCUT2D eigenvalue weighted by atomic mass is 9.85. The van der Waals surface area contributed by atoms with Crippen LogP contribution in [0.2, 0.25) is 0 Å². The van der Waals surface area contributed by atoms with Crippen LogP contribution in [0.3, 0.4) is 0 Å². The topological polar surface area (TPSA) is 61.4 Å². The lowest BCUT2D eigenvalue weighted by Crippen LogP contribution is -2.65. The van der Waals surface area contributed by atoms with Gasteiger partial charge >= 0.3 is 0 Å². The third-order valence-electron chi connectivity index (χ3n) is 4.71. The monoisotopic (exact) mass is 357 g/mol. The Morgan fingerprint density at radius 3 is 2.56 bits per heavy atom. The van der Waals surface area contributed by atoms with Gasteiger partial charge in [-0.25, -0.2) is 0 Å². The number of anilines is 1. The number of hydrogen-bond donors (Lipinski definition) is 2. The summed E-state index contributed by atoms with van der Waals surface area (Å²) in [6.07, 6.45) is 0.868. The highest BCUT2D eigenvalue weighted by molar-refractivity contribution is 7.09. The van der Waals surface area contributed by atoms with Gasteiger partial charge in [0.25, 0.3) is 0 Å². The van der Waals surface area contributed by atoms with E-state index in [2.05, 4.69) is 15.5 Å². The molecule has 1 aromatic carbocycles. The number of thiophene rings is 1. The molecule has 1 atom stereocenters. The minimum absolute atomic E-state index is 0.0783. The fraction of sp³-hybridized carbons (Fsp3) is 0.368. The maximum Gasteiger partial charge on any atom is 0.240 e. The number of nitrogens with one attached hydrogen (secondary N) is 2. The Hall–Kier alpha value is -2.18. The van der Waals surface area contributed by atoms with Crippen molar-refractivity contribution >= 4 is 28.8 Å². The number of carbonyl (C=O) groups is 2. The molecule has 0 radical (unpaired) electrons. The van der Waals surface area contributed by atoms with E-state index in [0.717, 1.165) is 35.6 Å². The lowest BCUT2D eigenvalue weighted by molar-refractivity contribution is -0.142. The van der Waals surface area contributed by atoms with Gasteiger partial charge in [-0.2, -0.15) is 0 Å². The molecule has 132 valence electrons. The van der Waals surface area contributed by atoms with E-state index in [1.165, 1.54) is 6.92 Å². The first kappa shape index (κ1) is 17.6. The summed E-state index contributed by atoms with van der Waals surface area (Å²) in [5.41, 5.74) is 1.47. The number of carbonyl (C=O) groups excluding carboxylic acids is 2. The summed E-state index contributed by atoms with van der Waals surface area (Å²) in [7, 11) is 0. The molecule has 3 rings (SSSR count). The van der Waals surface area contributed by atoms with Crippen LogP contribution in [0.25, 0.3) is 0 Å². The zero-order chi connectivity index (χ0) is 17.9. The smallest absolute Gasteiger partial charge is 0.240 e. The zero-order valence-corrected chi connectivity index (χ0v) is 15.4. The first-order chi connectivity index (χ1) is 12.0. The standard InChI is InChI=1S/C19H23N3O2S/c1-14(23)21-16-7-5-15(6-8-16)13-22-10-9-19(22,2)18(24)20-12-17-4-3-11-25-17/h3-8,11H,9-10,12-13H2,1-2H3,(H,20,24)(H,21,23). The quantitative estimate of drug-likeness (QED) is 0.835. The molecule has 5 nitrogen and oxygen atoms in total. The molecule has 2 amide bonds. The highest BCUT2D eigenvalue weighted by Crippen LogP contribution is 2.32. The van der Waals surface area contributed by atoms with Crippen LogP contribution in [-0.4, -0.2) is 28.8 Å².